The molecular formula is C25H36F3N5O2. The third kappa shape index (κ3) is 6.98. The number of anilines is 1. The van der Waals surface area contributed by atoms with Gasteiger partial charge < -0.3 is 21.5 Å². The van der Waals surface area contributed by atoms with Gasteiger partial charge in [-0.1, -0.05) is 13.8 Å². The largest absolute Gasteiger partial charge is 0.416 e. The van der Waals surface area contributed by atoms with Gasteiger partial charge in [0.15, 0.2) is 0 Å². The highest BCUT2D eigenvalue weighted by atomic mass is 19.4. The fraction of sp³-hybridized carbons (Fsp3) is 0.600. The minimum Gasteiger partial charge on any atom is -0.398 e. The standard InChI is InChI=1S/C25H36F3N5O2/c1-15(2)24(35)16-4-7-19(8-5-16)33-13-18(14-33)32-23(34)12-31-22(11-30-3)20-10-17(25(26,27)28)6-9-21(20)29/h6,9-11,15-16,18-19,24,31,35H,3-5,7-8,12-14,29H2,1-2H3,(H,32,34)/b22-11+/t16-,19+,24?. The van der Waals surface area contributed by atoms with Crippen LogP contribution in [0.2, 0.25) is 0 Å². The summed E-state index contributed by atoms with van der Waals surface area (Å²) in [5.74, 6) is 0.377. The first-order valence-electron chi connectivity index (χ1n) is 12.1. The van der Waals surface area contributed by atoms with E-state index in [0.717, 1.165) is 50.9 Å². The number of nitrogen functional groups attached to an aromatic ring is 1. The van der Waals surface area contributed by atoms with Gasteiger partial charge in [-0.2, -0.15) is 13.2 Å². The number of nitrogens with one attached hydrogen (secondary N) is 2. The average Bonchev–Trinajstić information content (AvgIpc) is 2.78. The van der Waals surface area contributed by atoms with Gasteiger partial charge >= 0.3 is 6.18 Å². The lowest BCUT2D eigenvalue weighted by atomic mass is 9.78. The molecule has 1 saturated heterocycles. The van der Waals surface area contributed by atoms with Crippen molar-refractivity contribution >= 4 is 24.0 Å². The van der Waals surface area contributed by atoms with Gasteiger partial charge in [0, 0.05) is 36.6 Å². The normalized spacial score (nSPS) is 23.0. The van der Waals surface area contributed by atoms with Gasteiger partial charge in [-0.05, 0) is 62.4 Å². The van der Waals surface area contributed by atoms with E-state index in [9.17, 15) is 23.1 Å². The minimum atomic E-state index is -4.52. The number of carbonyl (C=O) groups is 1. The Bertz CT molecular complexity index is 920. The number of amides is 1. The zero-order valence-corrected chi connectivity index (χ0v) is 20.3. The first kappa shape index (κ1) is 27.0. The summed E-state index contributed by atoms with van der Waals surface area (Å²) in [7, 11) is 0. The maximum atomic E-state index is 13.1. The summed E-state index contributed by atoms with van der Waals surface area (Å²) in [5.41, 5.74) is 5.46. The Kier molecular flexibility index (Phi) is 8.82. The van der Waals surface area contributed by atoms with Gasteiger partial charge in [0.1, 0.15) is 0 Å². The molecule has 1 amide bonds. The molecular weight excluding hydrogens is 459 g/mol. The summed E-state index contributed by atoms with van der Waals surface area (Å²) in [5, 5.41) is 16.1. The molecule has 3 rings (SSSR count). The quantitative estimate of drug-likeness (QED) is 0.311. The summed E-state index contributed by atoms with van der Waals surface area (Å²) >= 11 is 0. The van der Waals surface area contributed by atoms with Crippen LogP contribution < -0.4 is 16.4 Å². The number of aliphatic hydroxyl groups excluding tert-OH is 1. The summed E-state index contributed by atoms with van der Waals surface area (Å²) in [4.78, 5) is 18.5. The van der Waals surface area contributed by atoms with E-state index < -0.39 is 11.7 Å². The van der Waals surface area contributed by atoms with Crippen molar-refractivity contribution in [1.82, 2.24) is 15.5 Å². The molecule has 1 aromatic carbocycles. The predicted molar refractivity (Wildman–Crippen MR) is 131 cm³/mol. The van der Waals surface area contributed by atoms with Crippen LogP contribution in [-0.2, 0) is 11.0 Å². The Morgan fingerprint density at radius 3 is 2.51 bits per heavy atom. The van der Waals surface area contributed by atoms with Crippen molar-refractivity contribution in [1.29, 1.82) is 0 Å². The Hall–Kier alpha value is -2.59. The van der Waals surface area contributed by atoms with Gasteiger partial charge in [-0.3, -0.25) is 14.7 Å². The zero-order chi connectivity index (χ0) is 25.8. The molecule has 0 aromatic heterocycles. The van der Waals surface area contributed by atoms with Crippen molar-refractivity contribution in [2.24, 2.45) is 16.8 Å². The summed E-state index contributed by atoms with van der Waals surface area (Å²) < 4.78 is 39.3. The van der Waals surface area contributed by atoms with Crippen molar-refractivity contribution in [2.75, 3.05) is 25.4 Å². The molecule has 0 spiro atoms. The van der Waals surface area contributed by atoms with Crippen LogP contribution in [0.15, 0.2) is 29.4 Å². The molecule has 1 aliphatic heterocycles. The first-order chi connectivity index (χ1) is 16.5. The van der Waals surface area contributed by atoms with E-state index in [2.05, 4.69) is 41.1 Å². The Morgan fingerprint density at radius 1 is 1.29 bits per heavy atom. The lowest BCUT2D eigenvalue weighted by Crippen LogP contribution is -2.63. The second-order valence-electron chi connectivity index (χ2n) is 9.90. The molecule has 0 bridgehead atoms. The van der Waals surface area contributed by atoms with Crippen molar-refractivity contribution in [3.63, 3.8) is 0 Å². The smallest absolute Gasteiger partial charge is 0.398 e. The second-order valence-corrected chi connectivity index (χ2v) is 9.90. The van der Waals surface area contributed by atoms with E-state index in [1.165, 1.54) is 12.3 Å². The van der Waals surface area contributed by atoms with Crippen molar-refractivity contribution < 1.29 is 23.1 Å². The number of alkyl halides is 3. The van der Waals surface area contributed by atoms with E-state index in [4.69, 9.17) is 5.73 Å². The van der Waals surface area contributed by atoms with Crippen LogP contribution >= 0.6 is 0 Å². The highest BCUT2D eigenvalue weighted by Gasteiger charge is 2.37. The maximum absolute atomic E-state index is 13.1. The number of rotatable bonds is 9. The molecule has 0 radical (unpaired) electrons. The molecule has 5 N–H and O–H groups in total. The molecule has 1 atom stereocenters. The van der Waals surface area contributed by atoms with Crippen LogP contribution in [0.25, 0.3) is 5.70 Å². The Balaban J connectivity index is 1.46. The number of nitrogens with two attached hydrogens (primary N) is 1. The molecule has 7 nitrogen and oxygen atoms in total. The van der Waals surface area contributed by atoms with E-state index >= 15 is 0 Å². The van der Waals surface area contributed by atoms with E-state index in [-0.39, 0.29) is 47.5 Å². The fourth-order valence-corrected chi connectivity index (χ4v) is 4.98. The van der Waals surface area contributed by atoms with Crippen LogP contribution in [0, 0.1) is 11.8 Å². The number of carbonyl (C=O) groups excluding carboxylic acids is 1. The molecule has 2 aliphatic rings. The topological polar surface area (TPSA) is 103 Å². The Morgan fingerprint density at radius 2 is 1.94 bits per heavy atom. The minimum absolute atomic E-state index is 0.0341. The van der Waals surface area contributed by atoms with E-state index in [0.29, 0.717) is 12.0 Å². The molecule has 35 heavy (non-hydrogen) atoms. The Labute approximate surface area is 204 Å². The van der Waals surface area contributed by atoms with Crippen molar-refractivity contribution in [3.05, 3.63) is 35.5 Å². The lowest BCUT2D eigenvalue weighted by molar-refractivity contribution is -0.137. The van der Waals surface area contributed by atoms with Crippen LogP contribution in [0.1, 0.15) is 50.7 Å². The van der Waals surface area contributed by atoms with E-state index in [1.54, 1.807) is 0 Å². The zero-order valence-electron chi connectivity index (χ0n) is 20.3. The fourth-order valence-electron chi connectivity index (χ4n) is 4.98. The summed E-state index contributed by atoms with van der Waals surface area (Å²) in [6.07, 6.45) is 0.634. The monoisotopic (exact) mass is 495 g/mol. The lowest BCUT2D eigenvalue weighted by Gasteiger charge is -2.47. The third-order valence-corrected chi connectivity index (χ3v) is 7.03. The number of benzene rings is 1. The third-order valence-electron chi connectivity index (χ3n) is 7.03. The number of nitrogens with zero attached hydrogens (tertiary/aromatic N) is 2. The van der Waals surface area contributed by atoms with Gasteiger partial charge in [-0.25, -0.2) is 0 Å². The first-order valence-corrected chi connectivity index (χ1v) is 12.1. The molecule has 2 fully saturated rings. The van der Waals surface area contributed by atoms with Gasteiger partial charge in [0.05, 0.1) is 30.0 Å². The molecule has 1 heterocycles. The molecule has 10 heteroatoms. The van der Waals surface area contributed by atoms with Crippen LogP contribution in [0.3, 0.4) is 0 Å². The highest BCUT2D eigenvalue weighted by molar-refractivity contribution is 5.82. The molecule has 194 valence electrons. The van der Waals surface area contributed by atoms with Crippen molar-refractivity contribution in [3.8, 4) is 0 Å². The highest BCUT2D eigenvalue weighted by Crippen LogP contribution is 2.34. The number of aliphatic hydroxyl groups is 1. The van der Waals surface area contributed by atoms with Gasteiger partial charge in [0.25, 0.3) is 0 Å². The van der Waals surface area contributed by atoms with Gasteiger partial charge in [-0.15, -0.1) is 0 Å². The SMILES string of the molecule is C=N/C=C(/NCC(=O)NC1CN([C@H]2CC[C@@H](C(O)C(C)C)CC2)C1)c1cc(C(F)(F)F)ccc1N. The number of aliphatic imine (C=N–C) groups is 1. The average molecular weight is 496 g/mol. The number of hydrogen-bond acceptors (Lipinski definition) is 6. The van der Waals surface area contributed by atoms with Crippen LogP contribution in [-0.4, -0.2) is 60.5 Å². The molecule has 1 saturated carbocycles. The van der Waals surface area contributed by atoms with Crippen molar-refractivity contribution in [2.45, 2.75) is 63.9 Å². The summed E-state index contributed by atoms with van der Waals surface area (Å²) in [6.45, 7) is 8.86. The van der Waals surface area contributed by atoms with Crippen LogP contribution in [0.4, 0.5) is 18.9 Å². The van der Waals surface area contributed by atoms with Crippen LogP contribution in [0.5, 0.6) is 0 Å². The number of likely N-dealkylation sites (tertiary alicyclic amines) is 1. The van der Waals surface area contributed by atoms with Gasteiger partial charge in [0.2, 0.25) is 5.91 Å². The number of halogens is 3. The maximum Gasteiger partial charge on any atom is 0.416 e. The number of hydrogen-bond donors (Lipinski definition) is 4. The second kappa shape index (κ2) is 11.4. The molecule has 1 aliphatic carbocycles. The molecule has 1 aromatic rings. The predicted octanol–water partition coefficient (Wildman–Crippen LogP) is 3.25. The molecule has 1 unspecified atom stereocenters. The summed E-state index contributed by atoms with van der Waals surface area (Å²) in [6, 6.07) is 3.53. The van der Waals surface area contributed by atoms with E-state index in [1.807, 2.05) is 0 Å².